The molecule has 1 aliphatic heterocycles. The Balaban J connectivity index is 1.33. The molecule has 3 rings (SSSR count). The number of ether oxygens (including phenoxy) is 3. The van der Waals surface area contributed by atoms with Crippen LogP contribution in [0.15, 0.2) is 30.3 Å². The van der Waals surface area contributed by atoms with Crippen LogP contribution in [0.4, 0.5) is 0 Å². The van der Waals surface area contributed by atoms with Gasteiger partial charge in [-0.2, -0.15) is 0 Å². The van der Waals surface area contributed by atoms with Crippen molar-refractivity contribution >= 4 is 0 Å². The fourth-order valence-electron chi connectivity index (χ4n) is 3.19. The molecule has 2 atom stereocenters. The van der Waals surface area contributed by atoms with Crippen LogP contribution in [0.25, 0.3) is 0 Å². The van der Waals surface area contributed by atoms with Crippen molar-refractivity contribution in [2.24, 2.45) is 0 Å². The third-order valence-electron chi connectivity index (χ3n) is 4.38. The summed E-state index contributed by atoms with van der Waals surface area (Å²) in [6.07, 6.45) is 9.06. The van der Waals surface area contributed by atoms with Gasteiger partial charge in [-0.05, 0) is 24.8 Å². The first-order valence-corrected chi connectivity index (χ1v) is 8.33. The second-order valence-corrected chi connectivity index (χ2v) is 6.16. The second-order valence-electron chi connectivity index (χ2n) is 6.16. The second kappa shape index (κ2) is 7.92. The van der Waals surface area contributed by atoms with Crippen LogP contribution < -0.4 is 0 Å². The van der Waals surface area contributed by atoms with Crippen LogP contribution >= 0.6 is 0 Å². The van der Waals surface area contributed by atoms with Gasteiger partial charge < -0.3 is 14.2 Å². The van der Waals surface area contributed by atoms with E-state index < -0.39 is 0 Å². The van der Waals surface area contributed by atoms with E-state index in [-0.39, 0.29) is 12.4 Å². The van der Waals surface area contributed by atoms with Gasteiger partial charge in [-0.3, -0.25) is 0 Å². The highest BCUT2D eigenvalue weighted by Crippen LogP contribution is 2.27. The standard InChI is InChI=1S/C18H26O3/c1-3-7-15(8-4-1)13-19-14-17-11-12-18(21-17)20-16-9-5-2-6-10-16/h1,3-4,7-8,16-18H,2,5-6,9-14H2/t17-,18-/m0/s1. The molecule has 1 aromatic carbocycles. The van der Waals surface area contributed by atoms with E-state index in [1.807, 2.05) is 18.2 Å². The lowest BCUT2D eigenvalue weighted by Crippen LogP contribution is -2.25. The minimum absolute atomic E-state index is 0.00146. The number of benzene rings is 1. The van der Waals surface area contributed by atoms with Crippen LogP contribution in [0.1, 0.15) is 50.5 Å². The quantitative estimate of drug-likeness (QED) is 0.791. The van der Waals surface area contributed by atoms with Crippen LogP contribution in [0.2, 0.25) is 0 Å². The Morgan fingerprint density at radius 3 is 2.57 bits per heavy atom. The molecule has 1 aromatic rings. The zero-order chi connectivity index (χ0) is 14.3. The molecule has 2 aliphatic rings. The Morgan fingerprint density at radius 1 is 0.952 bits per heavy atom. The molecule has 0 aromatic heterocycles. The van der Waals surface area contributed by atoms with Gasteiger partial charge in [-0.25, -0.2) is 0 Å². The molecule has 3 nitrogen and oxygen atoms in total. The van der Waals surface area contributed by atoms with Gasteiger partial charge in [0, 0.05) is 6.42 Å². The summed E-state index contributed by atoms with van der Waals surface area (Å²) in [5.41, 5.74) is 1.21. The van der Waals surface area contributed by atoms with E-state index in [1.54, 1.807) is 0 Å². The van der Waals surface area contributed by atoms with E-state index >= 15 is 0 Å². The van der Waals surface area contributed by atoms with Crippen LogP contribution in [0.5, 0.6) is 0 Å². The SMILES string of the molecule is c1ccc(COC[C@@H]2CC[C@@H](OC3CCCCC3)O2)cc1. The van der Waals surface area contributed by atoms with Gasteiger partial charge in [0.05, 0.1) is 25.4 Å². The van der Waals surface area contributed by atoms with E-state index in [2.05, 4.69) is 12.1 Å². The summed E-state index contributed by atoms with van der Waals surface area (Å²) in [5.74, 6) is 0. The smallest absolute Gasteiger partial charge is 0.158 e. The first-order valence-electron chi connectivity index (χ1n) is 8.33. The van der Waals surface area contributed by atoms with Crippen LogP contribution in [0, 0.1) is 0 Å². The molecule has 0 spiro atoms. The van der Waals surface area contributed by atoms with Gasteiger partial charge in [0.1, 0.15) is 0 Å². The number of hydrogen-bond donors (Lipinski definition) is 0. The predicted octanol–water partition coefficient (Wildman–Crippen LogP) is 4.06. The molecule has 1 aliphatic carbocycles. The average molecular weight is 290 g/mol. The highest BCUT2D eigenvalue weighted by molar-refractivity contribution is 5.13. The lowest BCUT2D eigenvalue weighted by atomic mass is 9.98. The minimum Gasteiger partial charge on any atom is -0.374 e. The molecule has 0 unspecified atom stereocenters. The first-order chi connectivity index (χ1) is 10.4. The Bertz CT molecular complexity index is 400. The highest BCUT2D eigenvalue weighted by Gasteiger charge is 2.28. The number of hydrogen-bond acceptors (Lipinski definition) is 3. The third-order valence-corrected chi connectivity index (χ3v) is 4.38. The maximum absolute atomic E-state index is 6.07. The van der Waals surface area contributed by atoms with Crippen molar-refractivity contribution in [2.45, 2.75) is 70.1 Å². The molecule has 1 heterocycles. The molecule has 1 saturated carbocycles. The van der Waals surface area contributed by atoms with Crippen molar-refractivity contribution < 1.29 is 14.2 Å². The van der Waals surface area contributed by atoms with Crippen molar-refractivity contribution in [3.05, 3.63) is 35.9 Å². The Labute approximate surface area is 127 Å². The van der Waals surface area contributed by atoms with Crippen molar-refractivity contribution in [2.75, 3.05) is 6.61 Å². The van der Waals surface area contributed by atoms with Gasteiger partial charge in [0.25, 0.3) is 0 Å². The van der Waals surface area contributed by atoms with Crippen LogP contribution in [0.3, 0.4) is 0 Å². The van der Waals surface area contributed by atoms with Gasteiger partial charge in [0.2, 0.25) is 0 Å². The topological polar surface area (TPSA) is 27.7 Å². The first kappa shape index (κ1) is 15.0. The average Bonchev–Trinajstić information content (AvgIpc) is 2.97. The highest BCUT2D eigenvalue weighted by atomic mass is 16.7. The lowest BCUT2D eigenvalue weighted by molar-refractivity contribution is -0.175. The minimum atomic E-state index is -0.00146. The molecule has 1 saturated heterocycles. The van der Waals surface area contributed by atoms with Gasteiger partial charge in [-0.1, -0.05) is 49.6 Å². The fraction of sp³-hybridized carbons (Fsp3) is 0.667. The molecule has 0 N–H and O–H groups in total. The molecular weight excluding hydrogens is 264 g/mol. The van der Waals surface area contributed by atoms with E-state index in [4.69, 9.17) is 14.2 Å². The van der Waals surface area contributed by atoms with E-state index in [9.17, 15) is 0 Å². The summed E-state index contributed by atoms with van der Waals surface area (Å²) < 4.78 is 17.8. The molecular formula is C18H26O3. The molecule has 116 valence electrons. The third kappa shape index (κ3) is 4.80. The van der Waals surface area contributed by atoms with Gasteiger partial charge >= 0.3 is 0 Å². The van der Waals surface area contributed by atoms with Crippen molar-refractivity contribution in [1.29, 1.82) is 0 Å². The van der Waals surface area contributed by atoms with Gasteiger partial charge in [0.15, 0.2) is 6.29 Å². The molecule has 21 heavy (non-hydrogen) atoms. The summed E-state index contributed by atoms with van der Waals surface area (Å²) in [7, 11) is 0. The molecule has 0 bridgehead atoms. The Kier molecular flexibility index (Phi) is 5.67. The normalized spacial score (nSPS) is 27.0. The fourth-order valence-corrected chi connectivity index (χ4v) is 3.19. The van der Waals surface area contributed by atoms with E-state index in [0.29, 0.717) is 19.3 Å². The number of rotatable bonds is 6. The Hall–Kier alpha value is -0.900. The summed E-state index contributed by atoms with van der Waals surface area (Å²) >= 11 is 0. The molecule has 0 radical (unpaired) electrons. The lowest BCUT2D eigenvalue weighted by Gasteiger charge is -2.25. The zero-order valence-corrected chi connectivity index (χ0v) is 12.7. The molecule has 2 fully saturated rings. The molecule has 3 heteroatoms. The monoisotopic (exact) mass is 290 g/mol. The van der Waals surface area contributed by atoms with Crippen molar-refractivity contribution in [3.63, 3.8) is 0 Å². The largest absolute Gasteiger partial charge is 0.374 e. The summed E-state index contributed by atoms with van der Waals surface area (Å²) in [5, 5.41) is 0. The summed E-state index contributed by atoms with van der Waals surface area (Å²) in [6, 6.07) is 10.3. The maximum atomic E-state index is 6.07. The zero-order valence-electron chi connectivity index (χ0n) is 12.7. The van der Waals surface area contributed by atoms with Crippen molar-refractivity contribution in [3.8, 4) is 0 Å². The summed E-state index contributed by atoms with van der Waals surface area (Å²) in [4.78, 5) is 0. The van der Waals surface area contributed by atoms with Crippen LogP contribution in [-0.2, 0) is 20.8 Å². The molecule has 0 amide bonds. The summed E-state index contributed by atoms with van der Waals surface area (Å²) in [6.45, 7) is 1.33. The van der Waals surface area contributed by atoms with Crippen LogP contribution in [-0.4, -0.2) is 25.1 Å². The predicted molar refractivity (Wildman–Crippen MR) is 82.0 cm³/mol. The van der Waals surface area contributed by atoms with E-state index in [0.717, 1.165) is 12.8 Å². The Morgan fingerprint density at radius 2 is 1.76 bits per heavy atom. The van der Waals surface area contributed by atoms with Gasteiger partial charge in [-0.15, -0.1) is 0 Å². The maximum Gasteiger partial charge on any atom is 0.158 e. The van der Waals surface area contributed by atoms with Crippen molar-refractivity contribution in [1.82, 2.24) is 0 Å². The van der Waals surface area contributed by atoms with E-state index in [1.165, 1.54) is 37.7 Å².